The molecule has 27 heavy (non-hydrogen) atoms. The molecule has 1 aromatic heterocycles. The highest BCUT2D eigenvalue weighted by Crippen LogP contribution is 2.23. The van der Waals surface area contributed by atoms with Gasteiger partial charge in [0.1, 0.15) is 5.69 Å². The predicted molar refractivity (Wildman–Crippen MR) is 104 cm³/mol. The second-order valence-corrected chi connectivity index (χ2v) is 6.46. The van der Waals surface area contributed by atoms with Gasteiger partial charge < -0.3 is 15.0 Å². The molecule has 2 rings (SSSR count). The topological polar surface area (TPSA) is 88.3 Å². The van der Waals surface area contributed by atoms with E-state index < -0.39 is 18.5 Å². The Morgan fingerprint density at radius 3 is 2.15 bits per heavy atom. The quantitative estimate of drug-likeness (QED) is 0.574. The molecule has 0 spiro atoms. The summed E-state index contributed by atoms with van der Waals surface area (Å²) >= 11 is 0. The zero-order valence-corrected chi connectivity index (χ0v) is 16.5. The van der Waals surface area contributed by atoms with E-state index in [1.54, 1.807) is 13.8 Å². The minimum absolute atomic E-state index is 0.124. The minimum Gasteiger partial charge on any atom is -0.451 e. The van der Waals surface area contributed by atoms with Crippen LogP contribution in [0, 0.1) is 13.8 Å². The van der Waals surface area contributed by atoms with E-state index in [1.807, 2.05) is 32.0 Å². The van der Waals surface area contributed by atoms with Crippen molar-refractivity contribution < 1.29 is 19.1 Å². The monoisotopic (exact) mass is 370 g/mol. The van der Waals surface area contributed by atoms with Crippen LogP contribution in [-0.4, -0.2) is 29.3 Å². The number of aryl methyl sites for hydroxylation is 3. The van der Waals surface area contributed by atoms with Crippen LogP contribution in [0.15, 0.2) is 18.2 Å². The number of carbonyl (C=O) groups excluding carboxylic acids is 3. The summed E-state index contributed by atoms with van der Waals surface area (Å²) in [6.07, 6.45) is 1.58. The number of ketones is 1. The summed E-state index contributed by atoms with van der Waals surface area (Å²) in [4.78, 5) is 39.2. The normalized spacial score (nSPS) is 10.6. The summed E-state index contributed by atoms with van der Waals surface area (Å²) < 4.78 is 5.14. The zero-order valence-electron chi connectivity index (χ0n) is 16.5. The van der Waals surface area contributed by atoms with Gasteiger partial charge in [-0.2, -0.15) is 0 Å². The van der Waals surface area contributed by atoms with E-state index in [0.717, 1.165) is 29.7 Å². The van der Waals surface area contributed by atoms with Crippen LogP contribution in [0.25, 0.3) is 0 Å². The Bertz CT molecular complexity index is 858. The molecule has 0 saturated carbocycles. The number of anilines is 1. The van der Waals surface area contributed by atoms with Gasteiger partial charge in [0.25, 0.3) is 5.91 Å². The van der Waals surface area contributed by atoms with Crippen molar-refractivity contribution in [1.82, 2.24) is 4.98 Å². The van der Waals surface area contributed by atoms with E-state index in [1.165, 1.54) is 6.92 Å². The molecule has 0 aliphatic heterocycles. The number of H-pyrrole nitrogens is 1. The lowest BCUT2D eigenvalue weighted by Gasteiger charge is -2.14. The van der Waals surface area contributed by atoms with Crippen LogP contribution in [0.1, 0.15) is 64.0 Å². The van der Waals surface area contributed by atoms with E-state index in [-0.39, 0.29) is 11.5 Å². The molecule has 0 fully saturated rings. The second-order valence-electron chi connectivity index (χ2n) is 6.46. The van der Waals surface area contributed by atoms with Crippen molar-refractivity contribution in [3.63, 3.8) is 0 Å². The van der Waals surface area contributed by atoms with Crippen LogP contribution in [0.3, 0.4) is 0 Å². The number of carbonyl (C=O) groups is 3. The maximum absolute atomic E-state index is 12.3. The fourth-order valence-electron chi connectivity index (χ4n) is 3.26. The SMILES string of the molecule is CCc1cccc(CC)c1NC(=O)COC(=O)c1[nH]c(C)c(C(C)=O)c1C. The number of hydrogen-bond donors (Lipinski definition) is 2. The first-order valence-electron chi connectivity index (χ1n) is 9.07. The summed E-state index contributed by atoms with van der Waals surface area (Å²) in [6.45, 7) is 8.50. The van der Waals surface area contributed by atoms with Gasteiger partial charge in [0.05, 0.1) is 0 Å². The van der Waals surface area contributed by atoms with Crippen molar-refractivity contribution in [2.45, 2.75) is 47.5 Å². The van der Waals surface area contributed by atoms with Crippen molar-refractivity contribution >= 4 is 23.3 Å². The Kier molecular flexibility index (Phi) is 6.55. The first-order valence-corrected chi connectivity index (χ1v) is 9.07. The molecule has 0 aliphatic rings. The summed E-state index contributed by atoms with van der Waals surface area (Å²) in [5.41, 5.74) is 4.70. The molecular weight excluding hydrogens is 344 g/mol. The van der Waals surface area contributed by atoms with Gasteiger partial charge in [0, 0.05) is 16.9 Å². The van der Waals surface area contributed by atoms with Crippen molar-refractivity contribution in [3.05, 3.63) is 51.8 Å². The highest BCUT2D eigenvalue weighted by Gasteiger charge is 2.21. The van der Waals surface area contributed by atoms with Crippen molar-refractivity contribution in [3.8, 4) is 0 Å². The Balaban J connectivity index is 2.08. The fourth-order valence-corrected chi connectivity index (χ4v) is 3.26. The highest BCUT2D eigenvalue weighted by molar-refractivity contribution is 6.02. The lowest BCUT2D eigenvalue weighted by Crippen LogP contribution is -2.22. The van der Waals surface area contributed by atoms with Crippen LogP contribution in [0.4, 0.5) is 5.69 Å². The summed E-state index contributed by atoms with van der Waals surface area (Å²) in [6, 6.07) is 5.90. The molecule has 2 aromatic rings. The Hall–Kier alpha value is -2.89. The number of hydrogen-bond acceptors (Lipinski definition) is 4. The van der Waals surface area contributed by atoms with Crippen LogP contribution < -0.4 is 5.32 Å². The number of rotatable bonds is 7. The van der Waals surface area contributed by atoms with E-state index in [2.05, 4.69) is 10.3 Å². The molecular formula is C21H26N2O4. The van der Waals surface area contributed by atoms with Gasteiger partial charge in [-0.05, 0) is 50.3 Å². The summed E-state index contributed by atoms with van der Waals surface area (Å²) in [5.74, 6) is -1.18. The number of benzene rings is 1. The molecule has 0 aliphatic carbocycles. The number of para-hydroxylation sites is 1. The molecule has 1 heterocycles. The minimum atomic E-state index is -0.655. The van der Waals surface area contributed by atoms with Gasteiger partial charge >= 0.3 is 5.97 Å². The largest absolute Gasteiger partial charge is 0.451 e. The van der Waals surface area contributed by atoms with Gasteiger partial charge in [-0.1, -0.05) is 32.0 Å². The number of nitrogens with one attached hydrogen (secondary N) is 2. The number of amides is 1. The molecule has 0 atom stereocenters. The lowest BCUT2D eigenvalue weighted by atomic mass is 10.0. The Morgan fingerprint density at radius 2 is 1.67 bits per heavy atom. The van der Waals surface area contributed by atoms with Crippen molar-refractivity contribution in [1.29, 1.82) is 0 Å². The molecule has 1 aromatic carbocycles. The van der Waals surface area contributed by atoms with E-state index in [0.29, 0.717) is 16.8 Å². The van der Waals surface area contributed by atoms with Gasteiger partial charge in [0.2, 0.25) is 0 Å². The number of Topliss-reactive ketones (excluding diaryl/α,β-unsaturated/α-hetero) is 1. The zero-order chi connectivity index (χ0) is 20.1. The number of ether oxygens (including phenoxy) is 1. The first-order chi connectivity index (χ1) is 12.8. The third kappa shape index (κ3) is 4.45. The van der Waals surface area contributed by atoms with Crippen LogP contribution in [0.5, 0.6) is 0 Å². The molecule has 0 unspecified atom stereocenters. The lowest BCUT2D eigenvalue weighted by molar-refractivity contribution is -0.119. The molecule has 1 amide bonds. The van der Waals surface area contributed by atoms with Gasteiger partial charge in [-0.25, -0.2) is 4.79 Å². The Morgan fingerprint density at radius 1 is 1.07 bits per heavy atom. The first kappa shape index (κ1) is 20.4. The summed E-state index contributed by atoms with van der Waals surface area (Å²) in [5, 5.41) is 2.86. The maximum Gasteiger partial charge on any atom is 0.355 e. The molecule has 0 saturated heterocycles. The third-order valence-electron chi connectivity index (χ3n) is 4.59. The van der Waals surface area contributed by atoms with E-state index in [9.17, 15) is 14.4 Å². The average molecular weight is 370 g/mol. The second kappa shape index (κ2) is 8.66. The standard InChI is InChI=1S/C21H26N2O4/c1-6-15-9-8-10-16(7-2)20(15)23-17(25)11-27-21(26)19-12(3)18(14(5)24)13(4)22-19/h8-10,22H,6-7,11H2,1-5H3,(H,23,25). The number of esters is 1. The predicted octanol–water partition coefficient (Wildman–Crippen LogP) is 3.75. The molecule has 6 heteroatoms. The number of aromatic nitrogens is 1. The smallest absolute Gasteiger partial charge is 0.355 e. The van der Waals surface area contributed by atoms with Gasteiger partial charge in [-0.15, -0.1) is 0 Å². The molecule has 6 nitrogen and oxygen atoms in total. The molecule has 2 N–H and O–H groups in total. The highest BCUT2D eigenvalue weighted by atomic mass is 16.5. The average Bonchev–Trinajstić information content (AvgIpc) is 2.94. The molecule has 0 radical (unpaired) electrons. The molecule has 0 bridgehead atoms. The fraction of sp³-hybridized carbons (Fsp3) is 0.381. The Labute approximate surface area is 159 Å². The van der Waals surface area contributed by atoms with E-state index >= 15 is 0 Å². The molecule has 144 valence electrons. The van der Waals surface area contributed by atoms with Crippen LogP contribution >= 0.6 is 0 Å². The maximum atomic E-state index is 12.3. The van der Waals surface area contributed by atoms with Crippen molar-refractivity contribution in [2.24, 2.45) is 0 Å². The summed E-state index contributed by atoms with van der Waals surface area (Å²) in [7, 11) is 0. The van der Waals surface area contributed by atoms with Crippen molar-refractivity contribution in [2.75, 3.05) is 11.9 Å². The van der Waals surface area contributed by atoms with Crippen LogP contribution in [-0.2, 0) is 22.4 Å². The third-order valence-corrected chi connectivity index (χ3v) is 4.59. The van der Waals surface area contributed by atoms with Gasteiger partial charge in [-0.3, -0.25) is 9.59 Å². The van der Waals surface area contributed by atoms with Gasteiger partial charge in [0.15, 0.2) is 12.4 Å². The van der Waals surface area contributed by atoms with E-state index in [4.69, 9.17) is 4.74 Å². The van der Waals surface area contributed by atoms with Crippen LogP contribution in [0.2, 0.25) is 0 Å². The number of aromatic amines is 1.